The Morgan fingerprint density at radius 1 is 1.22 bits per heavy atom. The molecule has 0 radical (unpaired) electrons. The van der Waals surface area contributed by atoms with Crippen molar-refractivity contribution in [3.63, 3.8) is 0 Å². The van der Waals surface area contributed by atoms with Gasteiger partial charge in [0, 0.05) is 6.54 Å². The monoisotopic (exact) mass is 372 g/mol. The van der Waals surface area contributed by atoms with Crippen LogP contribution in [-0.2, 0) is 16.4 Å². The minimum Gasteiger partial charge on any atom is -0.316 e. The van der Waals surface area contributed by atoms with Gasteiger partial charge in [-0.15, -0.1) is 12.4 Å². The molecule has 1 heterocycles. The van der Waals surface area contributed by atoms with Crippen LogP contribution in [-0.4, -0.2) is 34.2 Å². The third-order valence-corrected chi connectivity index (χ3v) is 5.12. The van der Waals surface area contributed by atoms with Gasteiger partial charge >= 0.3 is 6.18 Å². The van der Waals surface area contributed by atoms with Crippen LogP contribution in [0, 0.1) is 5.92 Å². The zero-order valence-corrected chi connectivity index (χ0v) is 14.0. The summed E-state index contributed by atoms with van der Waals surface area (Å²) in [5.41, 5.74) is 0.0449. The van der Waals surface area contributed by atoms with Crippen LogP contribution in [0.2, 0.25) is 0 Å². The lowest BCUT2D eigenvalue weighted by molar-refractivity contribution is -0.127. The molecule has 1 aromatic rings. The zero-order chi connectivity index (χ0) is 16.2. The highest BCUT2D eigenvalue weighted by Gasteiger charge is 2.27. The molecule has 1 aliphatic rings. The molecule has 2 rings (SSSR count). The van der Waals surface area contributed by atoms with Crippen LogP contribution in [0.3, 0.4) is 0 Å². The Morgan fingerprint density at radius 3 is 2.39 bits per heavy atom. The van der Waals surface area contributed by atoms with E-state index in [0.717, 1.165) is 25.9 Å². The number of benzene rings is 1. The first-order valence-electron chi connectivity index (χ1n) is 7.12. The summed E-state index contributed by atoms with van der Waals surface area (Å²) < 4.78 is 63.4. The number of rotatable bonds is 6. The van der Waals surface area contributed by atoms with Crippen LogP contribution in [0.4, 0.5) is 13.2 Å². The molecule has 23 heavy (non-hydrogen) atoms. The van der Waals surface area contributed by atoms with Crippen LogP contribution < -0.4 is 10.0 Å². The topological polar surface area (TPSA) is 58.2 Å². The quantitative estimate of drug-likeness (QED) is 0.806. The fourth-order valence-corrected chi connectivity index (χ4v) is 3.51. The first kappa shape index (κ1) is 20.2. The highest BCUT2D eigenvalue weighted by Crippen LogP contribution is 2.22. The largest absolute Gasteiger partial charge is 0.393 e. The first-order chi connectivity index (χ1) is 10.3. The van der Waals surface area contributed by atoms with E-state index in [-0.39, 0.29) is 22.9 Å². The van der Waals surface area contributed by atoms with Gasteiger partial charge in [0.05, 0.1) is 11.3 Å². The predicted octanol–water partition coefficient (Wildman–Crippen LogP) is 2.49. The molecule has 0 saturated carbocycles. The van der Waals surface area contributed by atoms with Crippen LogP contribution in [0.1, 0.15) is 18.4 Å². The van der Waals surface area contributed by atoms with Crippen LogP contribution in [0.5, 0.6) is 0 Å². The van der Waals surface area contributed by atoms with Gasteiger partial charge in [0.1, 0.15) is 0 Å². The maximum atomic E-state index is 12.3. The van der Waals surface area contributed by atoms with Gasteiger partial charge in [0.2, 0.25) is 10.0 Å². The maximum Gasteiger partial charge on any atom is 0.393 e. The Bertz CT molecular complexity index is 585. The van der Waals surface area contributed by atoms with Gasteiger partial charge in [-0.25, -0.2) is 13.1 Å². The predicted molar refractivity (Wildman–Crippen MR) is 84.2 cm³/mol. The van der Waals surface area contributed by atoms with Crippen LogP contribution >= 0.6 is 12.4 Å². The number of alkyl halides is 3. The summed E-state index contributed by atoms with van der Waals surface area (Å²) in [6, 6.07) is 4.81. The van der Waals surface area contributed by atoms with E-state index < -0.39 is 22.6 Å². The van der Waals surface area contributed by atoms with Crippen molar-refractivity contribution in [2.75, 3.05) is 19.6 Å². The van der Waals surface area contributed by atoms with Crippen molar-refractivity contribution in [2.24, 2.45) is 5.92 Å². The van der Waals surface area contributed by atoms with Crippen molar-refractivity contribution in [1.82, 2.24) is 10.0 Å². The standard InChI is InChI=1S/C14H19F3N2O2S.ClH/c15-14(16,17)9-11-1-3-13(4-2-11)22(20,21)19-8-6-12-5-7-18-10-12;/h1-4,12,18-19H,5-10H2;1H. The highest BCUT2D eigenvalue weighted by atomic mass is 35.5. The average Bonchev–Trinajstić information content (AvgIpc) is 2.90. The lowest BCUT2D eigenvalue weighted by atomic mass is 10.1. The van der Waals surface area contributed by atoms with Crippen molar-refractivity contribution in [1.29, 1.82) is 0 Å². The molecule has 132 valence electrons. The fraction of sp³-hybridized carbons (Fsp3) is 0.571. The number of sulfonamides is 1. The summed E-state index contributed by atoms with van der Waals surface area (Å²) in [5.74, 6) is 0.469. The second kappa shape index (κ2) is 8.32. The Morgan fingerprint density at radius 2 is 1.87 bits per heavy atom. The second-order valence-corrected chi connectivity index (χ2v) is 7.25. The summed E-state index contributed by atoms with van der Waals surface area (Å²) in [7, 11) is -3.66. The van der Waals surface area contributed by atoms with E-state index in [4.69, 9.17) is 0 Å². The summed E-state index contributed by atoms with van der Waals surface area (Å²) >= 11 is 0. The third-order valence-electron chi connectivity index (χ3n) is 3.65. The van der Waals surface area contributed by atoms with Gasteiger partial charge in [0.15, 0.2) is 0 Å². The molecule has 1 aliphatic heterocycles. The van der Waals surface area contributed by atoms with Crippen molar-refractivity contribution in [3.8, 4) is 0 Å². The Labute approximate surface area is 140 Å². The van der Waals surface area contributed by atoms with Crippen molar-refractivity contribution in [3.05, 3.63) is 29.8 Å². The molecule has 9 heteroatoms. The molecule has 4 nitrogen and oxygen atoms in total. The zero-order valence-electron chi connectivity index (χ0n) is 12.4. The Balaban J connectivity index is 0.00000264. The van der Waals surface area contributed by atoms with Crippen LogP contribution in [0.25, 0.3) is 0 Å². The molecule has 1 aromatic carbocycles. The van der Waals surface area contributed by atoms with E-state index >= 15 is 0 Å². The minimum atomic E-state index is -4.30. The summed E-state index contributed by atoms with van der Waals surface area (Å²) in [4.78, 5) is -0.0111. The molecular formula is C14H20ClF3N2O2S. The summed E-state index contributed by atoms with van der Waals surface area (Å²) in [6.45, 7) is 2.19. The van der Waals surface area contributed by atoms with E-state index in [2.05, 4.69) is 10.0 Å². The first-order valence-corrected chi connectivity index (χ1v) is 8.61. The average molecular weight is 373 g/mol. The van der Waals surface area contributed by atoms with Crippen LogP contribution in [0.15, 0.2) is 29.2 Å². The lowest BCUT2D eigenvalue weighted by Crippen LogP contribution is -2.26. The van der Waals surface area contributed by atoms with E-state index in [1.54, 1.807) is 0 Å². The second-order valence-electron chi connectivity index (χ2n) is 5.48. The smallest absolute Gasteiger partial charge is 0.316 e. The molecule has 1 fully saturated rings. The normalized spacial score (nSPS) is 18.7. The summed E-state index contributed by atoms with van der Waals surface area (Å²) in [5, 5.41) is 3.21. The van der Waals surface area contributed by atoms with E-state index in [1.165, 1.54) is 24.3 Å². The van der Waals surface area contributed by atoms with Gasteiger partial charge in [-0.05, 0) is 49.5 Å². The molecule has 0 amide bonds. The highest BCUT2D eigenvalue weighted by molar-refractivity contribution is 7.89. The molecule has 0 aliphatic carbocycles. The van der Waals surface area contributed by atoms with Crippen molar-refractivity contribution >= 4 is 22.4 Å². The molecule has 0 spiro atoms. The maximum absolute atomic E-state index is 12.3. The van der Waals surface area contributed by atoms with Crippen molar-refractivity contribution in [2.45, 2.75) is 30.3 Å². The molecule has 1 unspecified atom stereocenters. The molecule has 0 bridgehead atoms. The Hall–Kier alpha value is -0.830. The van der Waals surface area contributed by atoms with E-state index in [9.17, 15) is 21.6 Å². The van der Waals surface area contributed by atoms with Gasteiger partial charge < -0.3 is 5.32 Å². The minimum absolute atomic E-state index is 0. The molecule has 0 aromatic heterocycles. The summed E-state index contributed by atoms with van der Waals surface area (Å²) in [6.07, 6.45) is -3.57. The van der Waals surface area contributed by atoms with Gasteiger partial charge in [-0.3, -0.25) is 0 Å². The van der Waals surface area contributed by atoms with E-state index in [0.29, 0.717) is 12.5 Å². The SMILES string of the molecule is Cl.O=S(=O)(NCCC1CCNC1)c1ccc(CC(F)(F)F)cc1. The van der Waals surface area contributed by atoms with Gasteiger partial charge in [-0.1, -0.05) is 12.1 Å². The number of halogens is 4. The van der Waals surface area contributed by atoms with Gasteiger partial charge in [-0.2, -0.15) is 13.2 Å². The van der Waals surface area contributed by atoms with Gasteiger partial charge in [0.25, 0.3) is 0 Å². The number of nitrogens with one attached hydrogen (secondary N) is 2. The Kier molecular flexibility index (Phi) is 7.31. The number of hydrogen-bond donors (Lipinski definition) is 2. The van der Waals surface area contributed by atoms with E-state index in [1.807, 2.05) is 0 Å². The molecular weight excluding hydrogens is 353 g/mol. The lowest BCUT2D eigenvalue weighted by Gasteiger charge is -2.11. The number of hydrogen-bond acceptors (Lipinski definition) is 3. The third kappa shape index (κ3) is 6.66. The molecule has 1 atom stereocenters. The molecule has 1 saturated heterocycles. The fourth-order valence-electron chi connectivity index (χ4n) is 2.46. The van der Waals surface area contributed by atoms with Crippen molar-refractivity contribution < 1.29 is 21.6 Å². The molecule has 2 N–H and O–H groups in total.